The van der Waals surface area contributed by atoms with E-state index in [0.717, 1.165) is 44.8 Å². The molecule has 36 heavy (non-hydrogen) atoms. The lowest BCUT2D eigenvalue weighted by Gasteiger charge is -2.15. The van der Waals surface area contributed by atoms with E-state index in [4.69, 9.17) is 21.4 Å². The average molecular weight is 502 g/mol. The van der Waals surface area contributed by atoms with Gasteiger partial charge in [-0.15, -0.1) is 0 Å². The highest BCUT2D eigenvalue weighted by Gasteiger charge is 2.12. The molecule has 1 aromatic heterocycles. The maximum atomic E-state index is 12.4. The smallest absolute Gasteiger partial charge is 0.264 e. The second-order valence-electron chi connectivity index (χ2n) is 9.40. The molecule has 186 valence electrons. The Labute approximate surface area is 217 Å². The van der Waals surface area contributed by atoms with Crippen LogP contribution in [0.25, 0.3) is 11.1 Å². The fourth-order valence-corrected chi connectivity index (χ4v) is 4.32. The predicted molar refractivity (Wildman–Crippen MR) is 148 cm³/mol. The minimum atomic E-state index is -0.318. The number of carbonyl (C=O) groups is 1. The Hall–Kier alpha value is -3.71. The number of anilines is 1. The number of aromatic nitrogens is 1. The standard InChI is InChI=1S/C29H31N3O3S/c1-17(2)23-11-6-18(3)14-25(23)34-16-26(33)32-29(36)30-22-9-7-21(8-10-22)15-27-31-24-13-19(4)12-20(5)28(24)35-27/h6-14,17H,15-16H2,1-5H3,(H2,30,32,33,36). The largest absolute Gasteiger partial charge is 0.483 e. The molecule has 4 aromatic rings. The van der Waals surface area contributed by atoms with E-state index in [9.17, 15) is 4.79 Å². The van der Waals surface area contributed by atoms with Gasteiger partial charge < -0.3 is 14.5 Å². The zero-order chi connectivity index (χ0) is 25.8. The normalized spacial score (nSPS) is 11.1. The molecule has 0 unspecified atom stereocenters. The van der Waals surface area contributed by atoms with Crippen LogP contribution < -0.4 is 15.4 Å². The van der Waals surface area contributed by atoms with Crippen molar-refractivity contribution >= 4 is 40.0 Å². The van der Waals surface area contributed by atoms with Crippen LogP contribution in [0.5, 0.6) is 5.75 Å². The van der Waals surface area contributed by atoms with Crippen molar-refractivity contribution < 1.29 is 13.9 Å². The highest BCUT2D eigenvalue weighted by Crippen LogP contribution is 2.27. The number of aryl methyl sites for hydroxylation is 3. The lowest BCUT2D eigenvalue weighted by molar-refractivity contribution is -0.121. The van der Waals surface area contributed by atoms with Gasteiger partial charge in [-0.2, -0.15) is 0 Å². The number of benzene rings is 3. The van der Waals surface area contributed by atoms with E-state index in [0.29, 0.717) is 18.2 Å². The van der Waals surface area contributed by atoms with Gasteiger partial charge in [0.1, 0.15) is 11.3 Å². The molecular formula is C29H31N3O3S. The van der Waals surface area contributed by atoms with Crippen LogP contribution in [0.2, 0.25) is 0 Å². The number of rotatable bonds is 7. The first kappa shape index (κ1) is 25.4. The van der Waals surface area contributed by atoms with Gasteiger partial charge in [0.25, 0.3) is 5.91 Å². The molecule has 3 aromatic carbocycles. The van der Waals surface area contributed by atoms with Crippen molar-refractivity contribution in [3.8, 4) is 5.75 Å². The summed E-state index contributed by atoms with van der Waals surface area (Å²) < 4.78 is 11.8. The molecule has 0 aliphatic carbocycles. The monoisotopic (exact) mass is 501 g/mol. The zero-order valence-electron chi connectivity index (χ0n) is 21.3. The Bertz CT molecular complexity index is 1410. The number of nitrogens with zero attached hydrogens (tertiary/aromatic N) is 1. The Morgan fingerprint density at radius 2 is 1.78 bits per heavy atom. The number of hydrogen-bond donors (Lipinski definition) is 2. The summed E-state index contributed by atoms with van der Waals surface area (Å²) in [5, 5.41) is 5.93. The second kappa shape index (κ2) is 10.9. The summed E-state index contributed by atoms with van der Waals surface area (Å²) in [7, 11) is 0. The number of oxazole rings is 1. The van der Waals surface area contributed by atoms with Crippen LogP contribution in [0.1, 0.15) is 53.5 Å². The van der Waals surface area contributed by atoms with Crippen molar-refractivity contribution in [3.05, 3.63) is 88.3 Å². The molecule has 7 heteroatoms. The quantitative estimate of drug-likeness (QED) is 0.287. The van der Waals surface area contributed by atoms with E-state index >= 15 is 0 Å². The molecule has 2 N–H and O–H groups in total. The second-order valence-corrected chi connectivity index (χ2v) is 9.81. The van der Waals surface area contributed by atoms with E-state index in [1.807, 2.05) is 62.4 Å². The number of amides is 1. The lowest BCUT2D eigenvalue weighted by atomic mass is 10.0. The van der Waals surface area contributed by atoms with Gasteiger partial charge in [-0.3, -0.25) is 10.1 Å². The fraction of sp³-hybridized carbons (Fsp3) is 0.276. The van der Waals surface area contributed by atoms with Gasteiger partial charge in [-0.1, -0.05) is 44.2 Å². The highest BCUT2D eigenvalue weighted by molar-refractivity contribution is 7.80. The number of fused-ring (bicyclic) bond motifs is 1. The summed E-state index contributed by atoms with van der Waals surface area (Å²) in [5.41, 5.74) is 7.95. The predicted octanol–water partition coefficient (Wildman–Crippen LogP) is 6.36. The van der Waals surface area contributed by atoms with Gasteiger partial charge in [-0.05, 0) is 91.0 Å². The van der Waals surface area contributed by atoms with Crippen molar-refractivity contribution in [2.45, 2.75) is 47.0 Å². The van der Waals surface area contributed by atoms with Crippen molar-refractivity contribution in [2.24, 2.45) is 0 Å². The molecule has 0 atom stereocenters. The molecule has 0 spiro atoms. The van der Waals surface area contributed by atoms with E-state index in [1.54, 1.807) is 0 Å². The summed E-state index contributed by atoms with van der Waals surface area (Å²) in [4.78, 5) is 17.0. The summed E-state index contributed by atoms with van der Waals surface area (Å²) in [5.74, 6) is 1.38. The molecule has 0 fully saturated rings. The van der Waals surface area contributed by atoms with Crippen LogP contribution in [0.4, 0.5) is 5.69 Å². The van der Waals surface area contributed by atoms with Gasteiger partial charge in [0.15, 0.2) is 23.2 Å². The van der Waals surface area contributed by atoms with Crippen molar-refractivity contribution in [1.29, 1.82) is 0 Å². The molecule has 1 heterocycles. The summed E-state index contributed by atoms with van der Waals surface area (Å²) in [6.45, 7) is 10.2. The van der Waals surface area contributed by atoms with Crippen molar-refractivity contribution in [2.75, 3.05) is 11.9 Å². The Kier molecular flexibility index (Phi) is 7.70. The third kappa shape index (κ3) is 6.29. The number of carbonyl (C=O) groups excluding carboxylic acids is 1. The van der Waals surface area contributed by atoms with Gasteiger partial charge in [-0.25, -0.2) is 4.98 Å². The minimum absolute atomic E-state index is 0.118. The van der Waals surface area contributed by atoms with E-state index in [1.165, 1.54) is 5.56 Å². The number of thiocarbonyl (C=S) groups is 1. The summed E-state index contributed by atoms with van der Waals surface area (Å²) in [6.07, 6.45) is 0.587. The molecule has 4 rings (SSSR count). The van der Waals surface area contributed by atoms with E-state index in [-0.39, 0.29) is 17.6 Å². The lowest BCUT2D eigenvalue weighted by Crippen LogP contribution is -2.37. The number of nitrogens with one attached hydrogen (secondary N) is 2. The molecule has 0 bridgehead atoms. The molecule has 6 nitrogen and oxygen atoms in total. The first-order chi connectivity index (χ1) is 17.2. The van der Waals surface area contributed by atoms with Crippen LogP contribution >= 0.6 is 12.2 Å². The van der Waals surface area contributed by atoms with Gasteiger partial charge in [0, 0.05) is 12.1 Å². The summed E-state index contributed by atoms with van der Waals surface area (Å²) in [6, 6.07) is 17.9. The first-order valence-electron chi connectivity index (χ1n) is 12.0. The Morgan fingerprint density at radius 3 is 2.50 bits per heavy atom. The maximum Gasteiger partial charge on any atom is 0.264 e. The van der Waals surface area contributed by atoms with Crippen LogP contribution in [-0.4, -0.2) is 22.6 Å². The zero-order valence-corrected chi connectivity index (χ0v) is 22.1. The van der Waals surface area contributed by atoms with Crippen molar-refractivity contribution in [1.82, 2.24) is 10.3 Å². The number of ether oxygens (including phenoxy) is 1. The number of hydrogen-bond acceptors (Lipinski definition) is 5. The molecule has 0 aliphatic heterocycles. The molecule has 0 aliphatic rings. The molecule has 0 saturated heterocycles. The molecule has 1 amide bonds. The fourth-order valence-electron chi connectivity index (χ4n) is 4.09. The average Bonchev–Trinajstić information content (AvgIpc) is 3.21. The van der Waals surface area contributed by atoms with E-state index < -0.39 is 0 Å². The summed E-state index contributed by atoms with van der Waals surface area (Å²) >= 11 is 5.30. The first-order valence-corrected chi connectivity index (χ1v) is 12.4. The Balaban J connectivity index is 1.30. The van der Waals surface area contributed by atoms with Crippen LogP contribution in [0.3, 0.4) is 0 Å². The minimum Gasteiger partial charge on any atom is -0.483 e. The molecule has 0 saturated carbocycles. The maximum absolute atomic E-state index is 12.4. The SMILES string of the molecule is Cc1ccc(C(C)C)c(OCC(=O)NC(=S)Nc2ccc(Cc3nc4cc(C)cc(C)c4o3)cc2)c1. The molecule has 0 radical (unpaired) electrons. The van der Waals surface area contributed by atoms with Crippen LogP contribution in [0, 0.1) is 20.8 Å². The van der Waals surface area contributed by atoms with E-state index in [2.05, 4.69) is 42.5 Å². The Morgan fingerprint density at radius 1 is 1.03 bits per heavy atom. The van der Waals surface area contributed by atoms with Crippen molar-refractivity contribution in [3.63, 3.8) is 0 Å². The van der Waals surface area contributed by atoms with Gasteiger partial charge in [0.2, 0.25) is 0 Å². The van der Waals surface area contributed by atoms with Crippen LogP contribution in [0.15, 0.2) is 59.0 Å². The van der Waals surface area contributed by atoms with Gasteiger partial charge in [0.05, 0.1) is 0 Å². The van der Waals surface area contributed by atoms with Crippen LogP contribution in [-0.2, 0) is 11.2 Å². The molecular weight excluding hydrogens is 470 g/mol. The topological polar surface area (TPSA) is 76.4 Å². The highest BCUT2D eigenvalue weighted by atomic mass is 32.1. The third-order valence-electron chi connectivity index (χ3n) is 5.83. The van der Waals surface area contributed by atoms with Gasteiger partial charge >= 0.3 is 0 Å². The third-order valence-corrected chi connectivity index (χ3v) is 6.04.